The van der Waals surface area contributed by atoms with Crippen LogP contribution < -0.4 is 0 Å². The van der Waals surface area contributed by atoms with E-state index in [1.165, 1.54) is 0 Å². The van der Waals surface area contributed by atoms with Gasteiger partial charge < -0.3 is 14.9 Å². The van der Waals surface area contributed by atoms with Crippen LogP contribution in [0.2, 0.25) is 0 Å². The molecule has 0 aromatic heterocycles. The van der Waals surface area contributed by atoms with Gasteiger partial charge in [0.05, 0.1) is 5.92 Å². The number of urea groups is 1. The molecule has 0 spiro atoms. The van der Waals surface area contributed by atoms with Gasteiger partial charge in [0.1, 0.15) is 0 Å². The Hall–Kier alpha value is -1.26. The topological polar surface area (TPSA) is 60.9 Å². The highest BCUT2D eigenvalue weighted by atomic mass is 16.4. The lowest BCUT2D eigenvalue weighted by Crippen LogP contribution is -2.57. The zero-order valence-electron chi connectivity index (χ0n) is 9.72. The van der Waals surface area contributed by atoms with Crippen molar-refractivity contribution in [1.29, 1.82) is 0 Å². The summed E-state index contributed by atoms with van der Waals surface area (Å²) in [4.78, 5) is 26.1. The molecule has 0 bridgehead atoms. The van der Waals surface area contributed by atoms with Crippen molar-refractivity contribution in [3.8, 4) is 0 Å². The van der Waals surface area contributed by atoms with Gasteiger partial charge in [0, 0.05) is 25.7 Å². The fraction of sp³-hybridized carbons (Fsp3) is 0.818. The lowest BCUT2D eigenvalue weighted by atomic mass is 10.0. The first-order valence-corrected chi connectivity index (χ1v) is 5.77. The van der Waals surface area contributed by atoms with E-state index in [2.05, 4.69) is 13.8 Å². The molecule has 2 saturated heterocycles. The number of amides is 2. The van der Waals surface area contributed by atoms with Gasteiger partial charge in [-0.3, -0.25) is 4.79 Å². The monoisotopic (exact) mass is 226 g/mol. The second kappa shape index (κ2) is 3.96. The Morgan fingerprint density at radius 3 is 2.25 bits per heavy atom. The Morgan fingerprint density at radius 1 is 1.19 bits per heavy atom. The van der Waals surface area contributed by atoms with Crippen molar-refractivity contribution < 1.29 is 14.7 Å². The number of likely N-dealkylation sites (tertiary alicyclic amines) is 2. The summed E-state index contributed by atoms with van der Waals surface area (Å²) in [6.07, 6.45) is 1.04. The molecule has 2 rings (SSSR count). The van der Waals surface area contributed by atoms with Crippen molar-refractivity contribution in [3.63, 3.8) is 0 Å². The Labute approximate surface area is 95.0 Å². The van der Waals surface area contributed by atoms with Crippen LogP contribution >= 0.6 is 0 Å². The molecule has 16 heavy (non-hydrogen) atoms. The number of nitrogens with zero attached hydrogens (tertiary/aromatic N) is 2. The van der Waals surface area contributed by atoms with Gasteiger partial charge in [-0.05, 0) is 19.3 Å². The van der Waals surface area contributed by atoms with Crippen LogP contribution in [0.5, 0.6) is 0 Å². The fourth-order valence-electron chi connectivity index (χ4n) is 2.54. The summed E-state index contributed by atoms with van der Waals surface area (Å²) >= 11 is 0. The molecule has 0 aromatic carbocycles. The standard InChI is InChI=1S/C11H18N2O3/c1-7-3-8(2)13(4-7)11(16)12-5-9(6-12)10(14)15/h7-9H,3-6H2,1-2H3,(H,14,15). The Kier molecular flexibility index (Phi) is 2.78. The first kappa shape index (κ1) is 11.2. The van der Waals surface area contributed by atoms with Crippen molar-refractivity contribution >= 4 is 12.0 Å². The van der Waals surface area contributed by atoms with Gasteiger partial charge in [0.15, 0.2) is 0 Å². The number of carbonyl (C=O) groups excluding carboxylic acids is 1. The lowest BCUT2D eigenvalue weighted by molar-refractivity contribution is -0.146. The fourth-order valence-corrected chi connectivity index (χ4v) is 2.54. The molecular weight excluding hydrogens is 208 g/mol. The minimum Gasteiger partial charge on any atom is -0.481 e. The van der Waals surface area contributed by atoms with Crippen molar-refractivity contribution in [2.24, 2.45) is 11.8 Å². The molecule has 0 aliphatic carbocycles. The molecule has 2 heterocycles. The largest absolute Gasteiger partial charge is 0.481 e. The molecule has 2 unspecified atom stereocenters. The highest BCUT2D eigenvalue weighted by molar-refractivity contribution is 5.80. The molecule has 90 valence electrons. The zero-order valence-corrected chi connectivity index (χ0v) is 9.72. The van der Waals surface area contributed by atoms with E-state index in [-0.39, 0.29) is 18.0 Å². The summed E-state index contributed by atoms with van der Waals surface area (Å²) in [5.74, 6) is -0.610. The average molecular weight is 226 g/mol. The van der Waals surface area contributed by atoms with Crippen molar-refractivity contribution in [2.75, 3.05) is 19.6 Å². The van der Waals surface area contributed by atoms with E-state index in [4.69, 9.17) is 5.11 Å². The first-order chi connectivity index (χ1) is 7.49. The Morgan fingerprint density at radius 2 is 1.81 bits per heavy atom. The lowest BCUT2D eigenvalue weighted by Gasteiger charge is -2.40. The van der Waals surface area contributed by atoms with Crippen molar-refractivity contribution in [2.45, 2.75) is 26.3 Å². The molecule has 2 amide bonds. The van der Waals surface area contributed by atoms with Gasteiger partial charge >= 0.3 is 12.0 Å². The summed E-state index contributed by atoms with van der Waals surface area (Å²) in [6.45, 7) is 5.72. The van der Waals surface area contributed by atoms with Crippen LogP contribution in [0.4, 0.5) is 4.79 Å². The van der Waals surface area contributed by atoms with Gasteiger partial charge in [-0.2, -0.15) is 0 Å². The SMILES string of the molecule is CC1CC(C)N(C(=O)N2CC(C(=O)O)C2)C1. The Bertz CT molecular complexity index is 312. The van der Waals surface area contributed by atoms with Crippen LogP contribution in [-0.4, -0.2) is 52.6 Å². The van der Waals surface area contributed by atoms with Gasteiger partial charge in [-0.15, -0.1) is 0 Å². The molecular formula is C11H18N2O3. The second-order valence-electron chi connectivity index (χ2n) is 5.06. The first-order valence-electron chi connectivity index (χ1n) is 5.77. The van der Waals surface area contributed by atoms with E-state index >= 15 is 0 Å². The molecule has 5 nitrogen and oxygen atoms in total. The minimum atomic E-state index is -0.799. The van der Waals surface area contributed by atoms with Crippen molar-refractivity contribution in [3.05, 3.63) is 0 Å². The number of aliphatic carboxylic acids is 1. The molecule has 1 N–H and O–H groups in total. The summed E-state index contributed by atoms with van der Waals surface area (Å²) in [5.41, 5.74) is 0. The number of carboxylic acids is 1. The zero-order chi connectivity index (χ0) is 11.9. The molecule has 0 radical (unpaired) electrons. The van der Waals surface area contributed by atoms with Crippen LogP contribution in [0.3, 0.4) is 0 Å². The van der Waals surface area contributed by atoms with Gasteiger partial charge in [0.2, 0.25) is 0 Å². The van der Waals surface area contributed by atoms with Crippen LogP contribution in [-0.2, 0) is 4.79 Å². The van der Waals surface area contributed by atoms with Gasteiger partial charge in [0.25, 0.3) is 0 Å². The maximum atomic E-state index is 12.0. The van der Waals surface area contributed by atoms with E-state index in [1.807, 2.05) is 4.90 Å². The third-order valence-corrected chi connectivity index (χ3v) is 3.53. The predicted molar refractivity (Wildman–Crippen MR) is 58.0 cm³/mol. The molecule has 2 aliphatic heterocycles. The normalized spacial score (nSPS) is 30.4. The summed E-state index contributed by atoms with van der Waals surface area (Å²) in [6, 6.07) is 0.292. The van der Waals surface area contributed by atoms with Gasteiger partial charge in [-0.1, -0.05) is 6.92 Å². The number of carbonyl (C=O) groups is 2. The second-order valence-corrected chi connectivity index (χ2v) is 5.06. The Balaban J connectivity index is 1.88. The maximum Gasteiger partial charge on any atom is 0.320 e. The summed E-state index contributed by atoms with van der Waals surface area (Å²) in [7, 11) is 0. The summed E-state index contributed by atoms with van der Waals surface area (Å²) in [5, 5.41) is 8.74. The minimum absolute atomic E-state index is 0.00866. The van der Waals surface area contributed by atoms with E-state index in [0.29, 0.717) is 19.0 Å². The van der Waals surface area contributed by atoms with Gasteiger partial charge in [-0.25, -0.2) is 4.79 Å². The van der Waals surface area contributed by atoms with E-state index < -0.39 is 5.97 Å². The maximum absolute atomic E-state index is 12.0. The molecule has 2 atom stereocenters. The molecule has 0 aromatic rings. The highest BCUT2D eigenvalue weighted by Crippen LogP contribution is 2.26. The number of rotatable bonds is 1. The van der Waals surface area contributed by atoms with Crippen LogP contribution in [0.15, 0.2) is 0 Å². The van der Waals surface area contributed by atoms with E-state index in [9.17, 15) is 9.59 Å². The van der Waals surface area contributed by atoms with Crippen LogP contribution in [0.25, 0.3) is 0 Å². The summed E-state index contributed by atoms with van der Waals surface area (Å²) < 4.78 is 0. The average Bonchev–Trinajstić information content (AvgIpc) is 2.41. The predicted octanol–water partition coefficient (Wildman–Crippen LogP) is 0.853. The number of carboxylic acid groups (broad SMARTS) is 1. The molecule has 5 heteroatoms. The smallest absolute Gasteiger partial charge is 0.320 e. The quantitative estimate of drug-likeness (QED) is 0.721. The van der Waals surface area contributed by atoms with E-state index in [0.717, 1.165) is 13.0 Å². The third kappa shape index (κ3) is 1.86. The molecule has 0 saturated carbocycles. The van der Waals surface area contributed by atoms with E-state index in [1.54, 1.807) is 4.90 Å². The van der Waals surface area contributed by atoms with Crippen molar-refractivity contribution in [1.82, 2.24) is 9.80 Å². The molecule has 2 aliphatic rings. The highest BCUT2D eigenvalue weighted by Gasteiger charge is 2.40. The van der Waals surface area contributed by atoms with Crippen LogP contribution in [0.1, 0.15) is 20.3 Å². The number of hydrogen-bond acceptors (Lipinski definition) is 2. The van der Waals surface area contributed by atoms with Crippen LogP contribution in [0, 0.1) is 11.8 Å². The third-order valence-electron chi connectivity index (χ3n) is 3.53. The molecule has 2 fully saturated rings. The number of hydrogen-bond donors (Lipinski definition) is 1.